The van der Waals surface area contributed by atoms with Crippen LogP contribution in [0.5, 0.6) is 11.5 Å². The van der Waals surface area contributed by atoms with Crippen LogP contribution in [0.3, 0.4) is 0 Å². The van der Waals surface area contributed by atoms with Crippen molar-refractivity contribution in [2.24, 2.45) is 4.99 Å². The molecule has 6 heteroatoms. The molecule has 0 saturated heterocycles. The van der Waals surface area contributed by atoms with Crippen LogP contribution in [0.15, 0.2) is 23.2 Å². The van der Waals surface area contributed by atoms with Gasteiger partial charge in [0.15, 0.2) is 17.5 Å². The molecule has 0 spiro atoms. The quantitative estimate of drug-likeness (QED) is 0.433. The lowest BCUT2D eigenvalue weighted by atomic mass is 9.84. The Morgan fingerprint density at radius 3 is 2.79 bits per heavy atom. The molecule has 24 heavy (non-hydrogen) atoms. The molecule has 2 N–H and O–H groups in total. The summed E-state index contributed by atoms with van der Waals surface area (Å²) in [5, 5.41) is 6.70. The Balaban J connectivity index is 1.84. The standard InChI is InChI=1S/C18H29N3O3/c1-5-22-10-6-9-20-17(19-4)21-12-18(2,3)14-7-8-15-16(11-14)24-13-23-15/h7-8,11H,5-6,9-10,12-13H2,1-4H3,(H2,19,20,21). The van der Waals surface area contributed by atoms with E-state index >= 15 is 0 Å². The van der Waals surface area contributed by atoms with Gasteiger partial charge in [0.1, 0.15) is 0 Å². The summed E-state index contributed by atoms with van der Waals surface area (Å²) in [5.74, 6) is 2.44. The van der Waals surface area contributed by atoms with Crippen LogP contribution in [0.1, 0.15) is 32.8 Å². The summed E-state index contributed by atoms with van der Waals surface area (Å²) in [6, 6.07) is 6.12. The third-order valence-electron chi connectivity index (χ3n) is 4.04. The number of guanidine groups is 1. The molecule has 0 bridgehead atoms. The Hall–Kier alpha value is -1.95. The van der Waals surface area contributed by atoms with Crippen molar-refractivity contribution in [3.63, 3.8) is 0 Å². The van der Waals surface area contributed by atoms with Gasteiger partial charge in [-0.15, -0.1) is 0 Å². The fourth-order valence-corrected chi connectivity index (χ4v) is 2.47. The first kappa shape index (κ1) is 18.4. The van der Waals surface area contributed by atoms with Crippen LogP contribution in [-0.2, 0) is 10.2 Å². The van der Waals surface area contributed by atoms with Gasteiger partial charge in [-0.2, -0.15) is 0 Å². The third kappa shape index (κ3) is 5.03. The predicted molar refractivity (Wildman–Crippen MR) is 96.1 cm³/mol. The lowest BCUT2D eigenvalue weighted by molar-refractivity contribution is 0.145. The third-order valence-corrected chi connectivity index (χ3v) is 4.04. The number of hydrogen-bond acceptors (Lipinski definition) is 4. The van der Waals surface area contributed by atoms with Crippen molar-refractivity contribution in [3.05, 3.63) is 23.8 Å². The van der Waals surface area contributed by atoms with Crippen LogP contribution in [0.4, 0.5) is 0 Å². The Bertz CT molecular complexity index is 558. The number of fused-ring (bicyclic) bond motifs is 1. The molecule has 1 heterocycles. The molecule has 0 aromatic heterocycles. The van der Waals surface area contributed by atoms with Crippen LogP contribution in [0, 0.1) is 0 Å². The number of rotatable bonds is 8. The van der Waals surface area contributed by atoms with Crippen LogP contribution in [0.2, 0.25) is 0 Å². The molecule has 0 amide bonds. The average molecular weight is 335 g/mol. The number of aliphatic imine (C=N–C) groups is 1. The molecular weight excluding hydrogens is 306 g/mol. The maximum Gasteiger partial charge on any atom is 0.231 e. The number of hydrogen-bond donors (Lipinski definition) is 2. The molecule has 0 saturated carbocycles. The second kappa shape index (κ2) is 8.78. The van der Waals surface area contributed by atoms with Gasteiger partial charge >= 0.3 is 0 Å². The molecule has 0 unspecified atom stereocenters. The SMILES string of the molecule is CCOCCCNC(=NC)NCC(C)(C)c1ccc2c(c1)OCO2. The summed E-state index contributed by atoms with van der Waals surface area (Å²) >= 11 is 0. The Labute approximate surface area is 144 Å². The average Bonchev–Trinajstić information content (AvgIpc) is 3.05. The van der Waals surface area contributed by atoms with Gasteiger partial charge in [-0.3, -0.25) is 4.99 Å². The first-order valence-electron chi connectivity index (χ1n) is 8.49. The smallest absolute Gasteiger partial charge is 0.231 e. The largest absolute Gasteiger partial charge is 0.454 e. The van der Waals surface area contributed by atoms with Crippen molar-refractivity contribution >= 4 is 5.96 Å². The fourth-order valence-electron chi connectivity index (χ4n) is 2.47. The minimum absolute atomic E-state index is 0.0656. The van der Waals surface area contributed by atoms with Gasteiger partial charge in [-0.25, -0.2) is 0 Å². The lowest BCUT2D eigenvalue weighted by Crippen LogP contribution is -2.43. The van der Waals surface area contributed by atoms with Gasteiger partial charge in [0, 0.05) is 38.8 Å². The van der Waals surface area contributed by atoms with E-state index in [0.717, 1.165) is 50.2 Å². The zero-order chi connectivity index (χ0) is 17.4. The first-order chi connectivity index (χ1) is 11.6. The monoisotopic (exact) mass is 335 g/mol. The molecule has 134 valence electrons. The molecule has 0 fully saturated rings. The molecule has 1 aromatic rings. The highest BCUT2D eigenvalue weighted by molar-refractivity contribution is 5.79. The molecule has 1 aromatic carbocycles. The van der Waals surface area contributed by atoms with Crippen molar-refractivity contribution in [1.29, 1.82) is 0 Å². The maximum absolute atomic E-state index is 5.48. The van der Waals surface area contributed by atoms with E-state index in [4.69, 9.17) is 14.2 Å². The van der Waals surface area contributed by atoms with E-state index in [1.165, 1.54) is 5.56 Å². The zero-order valence-electron chi connectivity index (χ0n) is 15.1. The molecule has 6 nitrogen and oxygen atoms in total. The summed E-state index contributed by atoms with van der Waals surface area (Å²) < 4.78 is 16.2. The summed E-state index contributed by atoms with van der Waals surface area (Å²) in [6.45, 7) is 9.82. The van der Waals surface area contributed by atoms with Gasteiger partial charge in [0.2, 0.25) is 6.79 Å². The molecule has 2 rings (SSSR count). The van der Waals surface area contributed by atoms with Crippen LogP contribution in [0.25, 0.3) is 0 Å². The summed E-state index contributed by atoms with van der Waals surface area (Å²) in [4.78, 5) is 4.27. The summed E-state index contributed by atoms with van der Waals surface area (Å²) in [7, 11) is 1.78. The van der Waals surface area contributed by atoms with Crippen molar-refractivity contribution in [1.82, 2.24) is 10.6 Å². The van der Waals surface area contributed by atoms with Gasteiger partial charge in [-0.05, 0) is 31.0 Å². The molecule has 0 atom stereocenters. The minimum atomic E-state index is -0.0656. The number of nitrogens with one attached hydrogen (secondary N) is 2. The van der Waals surface area contributed by atoms with Crippen LogP contribution in [-0.4, -0.2) is 46.1 Å². The fraction of sp³-hybridized carbons (Fsp3) is 0.611. The van der Waals surface area contributed by atoms with Gasteiger partial charge < -0.3 is 24.8 Å². The highest BCUT2D eigenvalue weighted by Gasteiger charge is 2.24. The van der Waals surface area contributed by atoms with Crippen LogP contribution < -0.4 is 20.1 Å². The second-order valence-electron chi connectivity index (χ2n) is 6.35. The molecule has 0 aliphatic carbocycles. The molecule has 1 aliphatic heterocycles. The van der Waals surface area contributed by atoms with Crippen molar-refractivity contribution in [3.8, 4) is 11.5 Å². The van der Waals surface area contributed by atoms with E-state index in [1.807, 2.05) is 13.0 Å². The maximum atomic E-state index is 5.48. The highest BCUT2D eigenvalue weighted by Crippen LogP contribution is 2.36. The van der Waals surface area contributed by atoms with E-state index in [-0.39, 0.29) is 5.41 Å². The molecule has 1 aliphatic rings. The number of nitrogens with zero attached hydrogens (tertiary/aromatic N) is 1. The number of ether oxygens (including phenoxy) is 3. The lowest BCUT2D eigenvalue weighted by Gasteiger charge is -2.27. The van der Waals surface area contributed by atoms with Crippen molar-refractivity contribution in [2.75, 3.05) is 40.1 Å². The van der Waals surface area contributed by atoms with Crippen molar-refractivity contribution < 1.29 is 14.2 Å². The van der Waals surface area contributed by atoms with E-state index in [1.54, 1.807) is 7.05 Å². The van der Waals surface area contributed by atoms with E-state index in [9.17, 15) is 0 Å². The minimum Gasteiger partial charge on any atom is -0.454 e. The summed E-state index contributed by atoms with van der Waals surface area (Å²) in [5.41, 5.74) is 1.13. The highest BCUT2D eigenvalue weighted by atomic mass is 16.7. The second-order valence-corrected chi connectivity index (χ2v) is 6.35. The topological polar surface area (TPSA) is 64.1 Å². The summed E-state index contributed by atoms with van der Waals surface area (Å²) in [6.07, 6.45) is 0.958. The van der Waals surface area contributed by atoms with E-state index in [0.29, 0.717) is 6.79 Å². The molecular formula is C18H29N3O3. The van der Waals surface area contributed by atoms with Crippen molar-refractivity contribution in [2.45, 2.75) is 32.6 Å². The normalized spacial score (nSPS) is 13.9. The van der Waals surface area contributed by atoms with Gasteiger partial charge in [0.25, 0.3) is 0 Å². The van der Waals surface area contributed by atoms with Gasteiger partial charge in [-0.1, -0.05) is 19.9 Å². The first-order valence-corrected chi connectivity index (χ1v) is 8.49. The Morgan fingerprint density at radius 2 is 2.04 bits per heavy atom. The zero-order valence-corrected chi connectivity index (χ0v) is 15.1. The van der Waals surface area contributed by atoms with E-state index < -0.39 is 0 Å². The van der Waals surface area contributed by atoms with Crippen LogP contribution >= 0.6 is 0 Å². The Kier molecular flexibility index (Phi) is 6.73. The number of benzene rings is 1. The predicted octanol–water partition coefficient (Wildman–Crippen LogP) is 2.28. The van der Waals surface area contributed by atoms with Gasteiger partial charge in [0.05, 0.1) is 0 Å². The van der Waals surface area contributed by atoms with E-state index in [2.05, 4.69) is 41.6 Å². The molecule has 0 radical (unpaired) electrons. The Morgan fingerprint density at radius 1 is 1.25 bits per heavy atom.